The van der Waals surface area contributed by atoms with Crippen molar-refractivity contribution in [3.8, 4) is 17.1 Å². The summed E-state index contributed by atoms with van der Waals surface area (Å²) in [6.45, 7) is 4.27. The summed E-state index contributed by atoms with van der Waals surface area (Å²) in [7, 11) is 1.61. The second-order valence-corrected chi connectivity index (χ2v) is 8.76. The van der Waals surface area contributed by atoms with Crippen LogP contribution >= 0.6 is 0 Å². The Morgan fingerprint density at radius 3 is 2.50 bits per heavy atom. The molecule has 0 atom stereocenters. The first-order chi connectivity index (χ1) is 17.4. The van der Waals surface area contributed by atoms with E-state index in [1.807, 2.05) is 62.4 Å². The van der Waals surface area contributed by atoms with Gasteiger partial charge >= 0.3 is 5.63 Å². The molecule has 3 heterocycles. The summed E-state index contributed by atoms with van der Waals surface area (Å²) in [6, 6.07) is 16.5. The van der Waals surface area contributed by atoms with E-state index in [1.54, 1.807) is 13.3 Å². The lowest BCUT2D eigenvalue weighted by atomic mass is 9.97. The zero-order chi connectivity index (χ0) is 25.2. The molecule has 0 spiro atoms. The first-order valence-electron chi connectivity index (χ1n) is 11.7. The minimum atomic E-state index is -0.409. The van der Waals surface area contributed by atoms with Gasteiger partial charge in [-0.1, -0.05) is 6.07 Å². The predicted octanol–water partition coefficient (Wildman–Crippen LogP) is 5.13. The molecule has 0 bridgehead atoms. The molecule has 2 aromatic carbocycles. The third-order valence-corrected chi connectivity index (χ3v) is 6.28. The first kappa shape index (κ1) is 23.4. The van der Waals surface area contributed by atoms with E-state index >= 15 is 0 Å². The Morgan fingerprint density at radius 1 is 1.00 bits per heavy atom. The van der Waals surface area contributed by atoms with Gasteiger partial charge in [-0.2, -0.15) is 0 Å². The number of rotatable bonds is 7. The normalized spacial score (nSPS) is 11.2. The predicted molar refractivity (Wildman–Crippen MR) is 138 cm³/mol. The number of aryl methyl sites for hydroxylation is 2. The van der Waals surface area contributed by atoms with Gasteiger partial charge in [-0.25, -0.2) is 4.79 Å². The highest BCUT2D eigenvalue weighted by atomic mass is 16.5. The zero-order valence-electron chi connectivity index (χ0n) is 20.4. The number of nitrogens with zero attached hydrogens (tertiary/aromatic N) is 1. The van der Waals surface area contributed by atoms with Gasteiger partial charge in [0.05, 0.1) is 18.9 Å². The van der Waals surface area contributed by atoms with Crippen molar-refractivity contribution in [2.75, 3.05) is 13.7 Å². The topological polar surface area (TPSA) is 94.6 Å². The van der Waals surface area contributed by atoms with Crippen LogP contribution in [-0.4, -0.2) is 24.5 Å². The van der Waals surface area contributed by atoms with E-state index in [4.69, 9.17) is 13.6 Å². The number of methoxy groups -OCH3 is 1. The fourth-order valence-electron chi connectivity index (χ4n) is 4.60. The van der Waals surface area contributed by atoms with Crippen LogP contribution in [0.15, 0.2) is 74.4 Å². The van der Waals surface area contributed by atoms with Crippen molar-refractivity contribution in [3.05, 3.63) is 93.6 Å². The van der Waals surface area contributed by atoms with Gasteiger partial charge < -0.3 is 18.9 Å². The number of carbonyl (C=O) groups is 1. The lowest BCUT2D eigenvalue weighted by Gasteiger charge is -2.08. The van der Waals surface area contributed by atoms with Gasteiger partial charge in [0.2, 0.25) is 5.91 Å². The van der Waals surface area contributed by atoms with Crippen LogP contribution in [-0.2, 0) is 17.6 Å². The molecule has 0 fully saturated rings. The van der Waals surface area contributed by atoms with E-state index in [1.165, 1.54) is 6.07 Å². The molecule has 7 nitrogen and oxygen atoms in total. The van der Waals surface area contributed by atoms with E-state index in [-0.39, 0.29) is 12.3 Å². The van der Waals surface area contributed by atoms with Crippen LogP contribution in [0.5, 0.6) is 5.75 Å². The SMILES string of the molecule is COc1ccc(-c2oc3c(c(C)cc4oc(=O)cc(C)c43)c2CC(=O)NCCc2ccccn2)cc1. The summed E-state index contributed by atoms with van der Waals surface area (Å²) in [5, 5.41) is 4.59. The molecule has 5 aromatic rings. The number of furan rings is 1. The number of pyridine rings is 1. The maximum Gasteiger partial charge on any atom is 0.336 e. The van der Waals surface area contributed by atoms with Crippen LogP contribution in [0.25, 0.3) is 33.3 Å². The van der Waals surface area contributed by atoms with Crippen molar-refractivity contribution in [1.29, 1.82) is 0 Å². The molecule has 0 aliphatic carbocycles. The van der Waals surface area contributed by atoms with Crippen molar-refractivity contribution in [3.63, 3.8) is 0 Å². The molecular weight excluding hydrogens is 456 g/mol. The van der Waals surface area contributed by atoms with Crippen LogP contribution in [0.3, 0.4) is 0 Å². The molecule has 0 aliphatic heterocycles. The van der Waals surface area contributed by atoms with E-state index in [0.29, 0.717) is 29.9 Å². The van der Waals surface area contributed by atoms with Gasteiger partial charge in [0.25, 0.3) is 0 Å². The lowest BCUT2D eigenvalue weighted by molar-refractivity contribution is -0.120. The number of amides is 1. The standard InChI is InChI=1S/C29H26N2O5/c1-17-14-23-27(18(2)15-25(33)35-23)29-26(17)22(28(36-29)19-7-9-21(34-3)10-8-19)16-24(32)31-13-11-20-6-4-5-12-30-20/h4-10,12,14-15H,11,13,16H2,1-3H3,(H,31,32). The lowest BCUT2D eigenvalue weighted by Crippen LogP contribution is -2.27. The Hall–Kier alpha value is -4.39. The van der Waals surface area contributed by atoms with E-state index in [9.17, 15) is 9.59 Å². The largest absolute Gasteiger partial charge is 0.497 e. The van der Waals surface area contributed by atoms with Crippen LogP contribution < -0.4 is 15.7 Å². The van der Waals surface area contributed by atoms with Gasteiger partial charge in [-0.3, -0.25) is 9.78 Å². The molecule has 7 heteroatoms. The molecule has 0 aliphatic rings. The van der Waals surface area contributed by atoms with Crippen molar-refractivity contribution in [1.82, 2.24) is 10.3 Å². The number of hydrogen-bond acceptors (Lipinski definition) is 6. The average molecular weight is 483 g/mol. The van der Waals surface area contributed by atoms with Crippen LogP contribution in [0.4, 0.5) is 0 Å². The Balaban J connectivity index is 1.58. The summed E-state index contributed by atoms with van der Waals surface area (Å²) in [5.41, 5.74) is 4.82. The molecule has 0 saturated carbocycles. The first-order valence-corrected chi connectivity index (χ1v) is 11.7. The van der Waals surface area contributed by atoms with Gasteiger partial charge in [0.15, 0.2) is 0 Å². The Bertz CT molecular complexity index is 1620. The van der Waals surface area contributed by atoms with Crippen LogP contribution in [0, 0.1) is 13.8 Å². The van der Waals surface area contributed by atoms with Crippen LogP contribution in [0.2, 0.25) is 0 Å². The molecule has 0 unspecified atom stereocenters. The van der Waals surface area contributed by atoms with Gasteiger partial charge in [-0.05, 0) is 67.4 Å². The minimum absolute atomic E-state index is 0.112. The molecular formula is C29H26N2O5. The van der Waals surface area contributed by atoms with Gasteiger partial charge in [0.1, 0.15) is 22.7 Å². The quantitative estimate of drug-likeness (QED) is 0.323. The van der Waals surface area contributed by atoms with Crippen molar-refractivity contribution in [2.24, 2.45) is 0 Å². The average Bonchev–Trinajstić information content (AvgIpc) is 3.23. The smallest absolute Gasteiger partial charge is 0.336 e. The highest BCUT2D eigenvalue weighted by Crippen LogP contribution is 2.40. The monoisotopic (exact) mass is 482 g/mol. The third-order valence-electron chi connectivity index (χ3n) is 6.28. The third kappa shape index (κ3) is 4.47. The molecule has 36 heavy (non-hydrogen) atoms. The number of carbonyl (C=O) groups excluding carboxylic acids is 1. The van der Waals surface area contributed by atoms with Crippen molar-refractivity contribution in [2.45, 2.75) is 26.7 Å². The van der Waals surface area contributed by atoms with Crippen LogP contribution in [0.1, 0.15) is 22.4 Å². The highest BCUT2D eigenvalue weighted by Gasteiger charge is 2.23. The maximum atomic E-state index is 13.1. The summed E-state index contributed by atoms with van der Waals surface area (Å²) < 4.78 is 17.2. The minimum Gasteiger partial charge on any atom is -0.497 e. The number of benzene rings is 2. The maximum absolute atomic E-state index is 13.1. The zero-order valence-corrected chi connectivity index (χ0v) is 20.4. The Morgan fingerprint density at radius 2 is 1.78 bits per heavy atom. The van der Waals surface area contributed by atoms with E-state index < -0.39 is 5.63 Å². The molecule has 1 amide bonds. The number of aromatic nitrogens is 1. The fourth-order valence-corrected chi connectivity index (χ4v) is 4.60. The summed E-state index contributed by atoms with van der Waals surface area (Å²) in [4.78, 5) is 29.4. The van der Waals surface area contributed by atoms with Gasteiger partial charge in [-0.15, -0.1) is 0 Å². The van der Waals surface area contributed by atoms with Gasteiger partial charge in [0, 0.05) is 47.4 Å². The Kier molecular flexibility index (Phi) is 6.29. The molecule has 1 N–H and O–H groups in total. The van der Waals surface area contributed by atoms with Crippen molar-refractivity contribution < 1.29 is 18.4 Å². The molecule has 0 radical (unpaired) electrons. The number of ether oxygens (including phenoxy) is 1. The highest BCUT2D eigenvalue weighted by molar-refractivity contribution is 6.09. The van der Waals surface area contributed by atoms with E-state index in [2.05, 4.69) is 10.3 Å². The molecule has 5 rings (SSSR count). The second-order valence-electron chi connectivity index (χ2n) is 8.76. The van der Waals surface area contributed by atoms with Crippen molar-refractivity contribution >= 4 is 27.8 Å². The Labute approximate surface area is 207 Å². The number of fused-ring (bicyclic) bond motifs is 3. The molecule has 182 valence electrons. The summed E-state index contributed by atoms with van der Waals surface area (Å²) >= 11 is 0. The fraction of sp³-hybridized carbons (Fsp3) is 0.207. The number of hydrogen-bond donors (Lipinski definition) is 1. The summed E-state index contributed by atoms with van der Waals surface area (Å²) in [5.74, 6) is 1.22. The second kappa shape index (κ2) is 9.70. The van der Waals surface area contributed by atoms with E-state index in [0.717, 1.165) is 44.5 Å². The molecule has 3 aromatic heterocycles. The summed E-state index contributed by atoms with van der Waals surface area (Å²) in [6.07, 6.45) is 2.53. The molecule has 0 saturated heterocycles. The number of nitrogens with one attached hydrogen (secondary N) is 1.